The molecule has 1 amide bonds. The molecule has 7 nitrogen and oxygen atoms in total. The van der Waals surface area contributed by atoms with Crippen molar-refractivity contribution in [3.63, 3.8) is 0 Å². The number of rotatable bonds is 10. The van der Waals surface area contributed by atoms with Crippen molar-refractivity contribution in [2.75, 3.05) is 20.1 Å². The number of piperidine rings is 1. The van der Waals surface area contributed by atoms with Gasteiger partial charge in [0, 0.05) is 37.0 Å². The van der Waals surface area contributed by atoms with Crippen LogP contribution in [0.4, 0.5) is 8.78 Å². The number of fused-ring (bicyclic) bond motifs is 2. The molecule has 1 aromatic heterocycles. The molecule has 3 heterocycles. The summed E-state index contributed by atoms with van der Waals surface area (Å²) in [6.07, 6.45) is 5.31. The molecule has 1 aliphatic carbocycles. The van der Waals surface area contributed by atoms with Gasteiger partial charge in [0.05, 0.1) is 6.04 Å². The number of benzene rings is 1. The normalized spacial score (nSPS) is 29.2. The Kier molecular flexibility index (Phi) is 8.38. The summed E-state index contributed by atoms with van der Waals surface area (Å²) in [5.41, 5.74) is 0.973. The minimum atomic E-state index is -2.97. The standard InChI is InChI=1S/C30H44F2N6O/c1-19(2)28-36-35-20(3)38(28)25-16-23-10-11-24(17-25)37(23)15-13-26(21-8-6-5-7-9-21)34-29(39)27-22(18-33-4)12-14-30(27,31)32/h5-9,19,22-27,33H,10-18H2,1-4H3,(H,34,39)/t22?,23-,24+,25?,26-,27?/m0/s1. The summed E-state index contributed by atoms with van der Waals surface area (Å²) in [6.45, 7) is 7.65. The van der Waals surface area contributed by atoms with E-state index in [1.807, 2.05) is 30.3 Å². The van der Waals surface area contributed by atoms with E-state index < -0.39 is 17.7 Å². The van der Waals surface area contributed by atoms with Crippen LogP contribution in [0.1, 0.15) is 94.0 Å². The second-order valence-electron chi connectivity index (χ2n) is 12.2. The van der Waals surface area contributed by atoms with Gasteiger partial charge in [0.25, 0.3) is 5.92 Å². The van der Waals surface area contributed by atoms with Crippen LogP contribution in [0.2, 0.25) is 0 Å². The van der Waals surface area contributed by atoms with E-state index >= 15 is 0 Å². The van der Waals surface area contributed by atoms with Crippen molar-refractivity contribution in [3.8, 4) is 0 Å². The van der Waals surface area contributed by atoms with Crippen LogP contribution in [0.5, 0.6) is 0 Å². The lowest BCUT2D eigenvalue weighted by atomic mass is 9.91. The number of nitrogens with one attached hydrogen (secondary N) is 2. The minimum Gasteiger partial charge on any atom is -0.349 e. The monoisotopic (exact) mass is 542 g/mol. The average Bonchev–Trinajstić information content (AvgIpc) is 3.51. The van der Waals surface area contributed by atoms with E-state index in [-0.39, 0.29) is 18.4 Å². The van der Waals surface area contributed by atoms with Crippen molar-refractivity contribution in [3.05, 3.63) is 47.5 Å². The second kappa shape index (κ2) is 11.6. The zero-order chi connectivity index (χ0) is 27.7. The predicted octanol–water partition coefficient (Wildman–Crippen LogP) is 5.01. The average molecular weight is 543 g/mol. The van der Waals surface area contributed by atoms with Crippen LogP contribution < -0.4 is 10.6 Å². The summed E-state index contributed by atoms with van der Waals surface area (Å²) in [5.74, 6) is -2.74. The van der Waals surface area contributed by atoms with Crippen molar-refractivity contribution >= 4 is 5.91 Å². The molecule has 3 unspecified atom stereocenters. The molecule has 2 bridgehead atoms. The molecular weight excluding hydrogens is 498 g/mol. The maximum absolute atomic E-state index is 14.8. The lowest BCUT2D eigenvalue weighted by Crippen LogP contribution is -2.47. The lowest BCUT2D eigenvalue weighted by molar-refractivity contribution is -0.139. The smallest absolute Gasteiger partial charge is 0.259 e. The summed E-state index contributed by atoms with van der Waals surface area (Å²) in [5, 5.41) is 14.9. The fourth-order valence-electron chi connectivity index (χ4n) is 7.53. The number of carbonyl (C=O) groups is 1. The van der Waals surface area contributed by atoms with Crippen molar-refractivity contribution in [2.24, 2.45) is 11.8 Å². The first-order valence-electron chi connectivity index (χ1n) is 14.7. The molecule has 5 rings (SSSR count). The minimum absolute atomic E-state index is 0.226. The van der Waals surface area contributed by atoms with E-state index in [9.17, 15) is 13.6 Å². The summed E-state index contributed by atoms with van der Waals surface area (Å²) in [6, 6.07) is 10.9. The fraction of sp³-hybridized carbons (Fsp3) is 0.700. The summed E-state index contributed by atoms with van der Waals surface area (Å²) >= 11 is 0. The fourth-order valence-corrected chi connectivity index (χ4v) is 7.53. The maximum atomic E-state index is 14.8. The largest absolute Gasteiger partial charge is 0.349 e. The lowest BCUT2D eigenvalue weighted by Gasteiger charge is -2.40. The predicted molar refractivity (Wildman–Crippen MR) is 148 cm³/mol. The number of halogens is 2. The molecular formula is C30H44F2N6O. The van der Waals surface area contributed by atoms with Gasteiger partial charge in [0.2, 0.25) is 5.91 Å². The molecule has 2 N–H and O–H groups in total. The van der Waals surface area contributed by atoms with E-state index in [1.165, 1.54) is 12.8 Å². The Hall–Kier alpha value is -2.39. The van der Waals surface area contributed by atoms with Crippen LogP contribution in [0, 0.1) is 18.8 Å². The molecule has 0 radical (unpaired) electrons. The molecule has 214 valence electrons. The van der Waals surface area contributed by atoms with Crippen molar-refractivity contribution < 1.29 is 13.6 Å². The summed E-state index contributed by atoms with van der Waals surface area (Å²) < 4.78 is 32.0. The van der Waals surface area contributed by atoms with Gasteiger partial charge < -0.3 is 15.2 Å². The number of aromatic nitrogens is 3. The highest BCUT2D eigenvalue weighted by molar-refractivity contribution is 5.81. The molecule has 1 aromatic carbocycles. The van der Waals surface area contributed by atoms with Gasteiger partial charge in [-0.15, -0.1) is 10.2 Å². The molecule has 2 aromatic rings. The van der Waals surface area contributed by atoms with E-state index in [4.69, 9.17) is 0 Å². The van der Waals surface area contributed by atoms with Crippen molar-refractivity contribution in [1.82, 2.24) is 30.3 Å². The Balaban J connectivity index is 1.28. The molecule has 9 heteroatoms. The van der Waals surface area contributed by atoms with Gasteiger partial charge in [-0.05, 0) is 70.5 Å². The van der Waals surface area contributed by atoms with E-state index in [2.05, 4.69) is 51.1 Å². The first kappa shape index (κ1) is 28.1. The second-order valence-corrected chi connectivity index (χ2v) is 12.2. The maximum Gasteiger partial charge on any atom is 0.259 e. The first-order valence-corrected chi connectivity index (χ1v) is 14.7. The Morgan fingerprint density at radius 2 is 1.77 bits per heavy atom. The topological polar surface area (TPSA) is 75.1 Å². The molecule has 6 atom stereocenters. The van der Waals surface area contributed by atoms with Crippen LogP contribution in [-0.4, -0.2) is 63.7 Å². The Labute approximate surface area is 231 Å². The number of amides is 1. The highest BCUT2D eigenvalue weighted by atomic mass is 19.3. The zero-order valence-corrected chi connectivity index (χ0v) is 23.7. The number of aryl methyl sites for hydroxylation is 1. The molecule has 3 aliphatic rings. The van der Waals surface area contributed by atoms with E-state index in [1.54, 1.807) is 7.05 Å². The quantitative estimate of drug-likeness (QED) is 0.442. The highest BCUT2D eigenvalue weighted by Gasteiger charge is 2.53. The third-order valence-electron chi connectivity index (χ3n) is 9.35. The molecule has 3 fully saturated rings. The summed E-state index contributed by atoms with van der Waals surface area (Å²) in [4.78, 5) is 16.0. The number of nitrogens with zero attached hydrogens (tertiary/aromatic N) is 4. The van der Waals surface area contributed by atoms with E-state index in [0.717, 1.165) is 36.6 Å². The van der Waals surface area contributed by atoms with Gasteiger partial charge in [0.15, 0.2) is 0 Å². The number of carbonyl (C=O) groups excluding carboxylic acids is 1. The van der Waals surface area contributed by atoms with Gasteiger partial charge in [0.1, 0.15) is 17.6 Å². The number of hydrogen-bond acceptors (Lipinski definition) is 5. The highest BCUT2D eigenvalue weighted by Crippen LogP contribution is 2.45. The van der Waals surface area contributed by atoms with Crippen LogP contribution in [-0.2, 0) is 4.79 Å². The molecule has 39 heavy (non-hydrogen) atoms. The van der Waals surface area contributed by atoms with Crippen LogP contribution in [0.3, 0.4) is 0 Å². The van der Waals surface area contributed by atoms with E-state index in [0.29, 0.717) is 43.4 Å². The summed E-state index contributed by atoms with van der Waals surface area (Å²) in [7, 11) is 1.75. The van der Waals surface area contributed by atoms with Crippen LogP contribution >= 0.6 is 0 Å². The van der Waals surface area contributed by atoms with Crippen molar-refractivity contribution in [1.29, 1.82) is 0 Å². The number of hydrogen-bond donors (Lipinski definition) is 2. The van der Waals surface area contributed by atoms with Gasteiger partial charge >= 0.3 is 0 Å². The molecule has 2 aliphatic heterocycles. The molecule has 1 saturated carbocycles. The molecule has 2 saturated heterocycles. The Morgan fingerprint density at radius 3 is 2.41 bits per heavy atom. The van der Waals surface area contributed by atoms with Crippen LogP contribution in [0.25, 0.3) is 0 Å². The zero-order valence-electron chi connectivity index (χ0n) is 23.7. The molecule has 0 spiro atoms. The van der Waals surface area contributed by atoms with Gasteiger partial charge in [-0.25, -0.2) is 8.78 Å². The Bertz CT molecular complexity index is 1110. The van der Waals surface area contributed by atoms with Crippen molar-refractivity contribution in [2.45, 2.75) is 102 Å². The van der Waals surface area contributed by atoms with Gasteiger partial charge in [-0.3, -0.25) is 9.69 Å². The third kappa shape index (κ3) is 5.75. The Morgan fingerprint density at radius 1 is 1.08 bits per heavy atom. The number of alkyl halides is 2. The van der Waals surface area contributed by atoms with Gasteiger partial charge in [-0.2, -0.15) is 0 Å². The third-order valence-corrected chi connectivity index (χ3v) is 9.35. The first-order chi connectivity index (χ1) is 18.7. The SMILES string of the molecule is CNCC1CCC(F)(F)C1C(=O)N[C@@H](CCN1[C@@H]2CC[C@H]1CC(n1c(C)nnc1C(C)C)C2)c1ccccc1. The van der Waals surface area contributed by atoms with Crippen LogP contribution in [0.15, 0.2) is 30.3 Å². The van der Waals surface area contributed by atoms with Gasteiger partial charge in [-0.1, -0.05) is 44.2 Å².